The standard InChI is InChI=1S/C17H15N3O2S3/c21-14(12-5-2-1-3-6-12)8-9-15(22)18-16-19-20-17(25-16)24-11-13-7-4-10-23-13/h1-7,10H,8-9,11H2,(H,18,19,22). The van der Waals surface area contributed by atoms with E-state index in [4.69, 9.17) is 0 Å². The minimum absolute atomic E-state index is 0.0415. The summed E-state index contributed by atoms with van der Waals surface area (Å²) in [5.41, 5.74) is 0.624. The number of nitrogens with one attached hydrogen (secondary N) is 1. The van der Waals surface area contributed by atoms with Gasteiger partial charge in [-0.3, -0.25) is 9.59 Å². The highest BCUT2D eigenvalue weighted by Crippen LogP contribution is 2.29. The Bertz CT molecular complexity index is 832. The lowest BCUT2D eigenvalue weighted by Crippen LogP contribution is -2.13. The number of thiophene rings is 1. The van der Waals surface area contributed by atoms with Crippen LogP contribution in [-0.4, -0.2) is 21.9 Å². The number of hydrogen-bond donors (Lipinski definition) is 1. The van der Waals surface area contributed by atoms with E-state index in [-0.39, 0.29) is 24.5 Å². The van der Waals surface area contributed by atoms with Gasteiger partial charge in [-0.1, -0.05) is 59.5 Å². The molecule has 1 N–H and O–H groups in total. The maximum absolute atomic E-state index is 12.0. The minimum atomic E-state index is -0.227. The van der Waals surface area contributed by atoms with Gasteiger partial charge in [0.25, 0.3) is 0 Å². The van der Waals surface area contributed by atoms with E-state index in [1.165, 1.54) is 16.2 Å². The Morgan fingerprint density at radius 1 is 1.04 bits per heavy atom. The molecule has 5 nitrogen and oxygen atoms in total. The predicted octanol–water partition coefficient (Wildman–Crippen LogP) is 4.49. The van der Waals surface area contributed by atoms with E-state index in [1.807, 2.05) is 29.6 Å². The number of rotatable bonds is 8. The molecule has 0 aliphatic carbocycles. The third kappa shape index (κ3) is 5.48. The summed E-state index contributed by atoms with van der Waals surface area (Å²) in [7, 11) is 0. The molecular formula is C17H15N3O2S3. The molecular weight excluding hydrogens is 374 g/mol. The Kier molecular flexibility index (Phi) is 6.32. The van der Waals surface area contributed by atoms with Crippen LogP contribution in [0, 0.1) is 0 Å². The molecule has 0 radical (unpaired) electrons. The number of aromatic nitrogens is 2. The number of benzene rings is 1. The highest BCUT2D eigenvalue weighted by molar-refractivity contribution is 8.00. The second-order valence-corrected chi connectivity index (χ2v) is 8.31. The summed E-state index contributed by atoms with van der Waals surface area (Å²) < 4.78 is 0.809. The van der Waals surface area contributed by atoms with Crippen LogP contribution in [0.15, 0.2) is 52.2 Å². The molecule has 0 saturated heterocycles. The first-order chi connectivity index (χ1) is 12.2. The third-order valence-corrected chi connectivity index (χ3v) is 6.33. The van der Waals surface area contributed by atoms with Gasteiger partial charge in [-0.05, 0) is 11.4 Å². The molecule has 128 valence electrons. The average Bonchev–Trinajstić information content (AvgIpc) is 3.30. The average molecular weight is 390 g/mol. The fourth-order valence-corrected chi connectivity index (χ4v) is 4.56. The summed E-state index contributed by atoms with van der Waals surface area (Å²) in [6.07, 6.45) is 0.305. The first kappa shape index (κ1) is 17.8. The number of ketones is 1. The number of Topliss-reactive ketones (excluding diaryl/α,β-unsaturated/α-hetero) is 1. The van der Waals surface area contributed by atoms with Crippen LogP contribution in [0.2, 0.25) is 0 Å². The summed E-state index contributed by atoms with van der Waals surface area (Å²) in [4.78, 5) is 25.2. The Morgan fingerprint density at radius 2 is 1.88 bits per heavy atom. The van der Waals surface area contributed by atoms with Crippen molar-refractivity contribution in [1.29, 1.82) is 0 Å². The molecule has 3 aromatic rings. The number of amides is 1. The van der Waals surface area contributed by atoms with Crippen molar-refractivity contribution in [2.24, 2.45) is 0 Å². The van der Waals surface area contributed by atoms with Gasteiger partial charge in [0.1, 0.15) is 0 Å². The van der Waals surface area contributed by atoms with E-state index < -0.39 is 0 Å². The number of carbonyl (C=O) groups excluding carboxylic acids is 2. The monoisotopic (exact) mass is 389 g/mol. The smallest absolute Gasteiger partial charge is 0.226 e. The van der Waals surface area contributed by atoms with E-state index in [9.17, 15) is 9.59 Å². The number of nitrogens with zero attached hydrogens (tertiary/aromatic N) is 2. The van der Waals surface area contributed by atoms with Crippen LogP contribution in [0.4, 0.5) is 5.13 Å². The minimum Gasteiger partial charge on any atom is -0.300 e. The van der Waals surface area contributed by atoms with Crippen LogP contribution in [0.3, 0.4) is 0 Å². The lowest BCUT2D eigenvalue weighted by molar-refractivity contribution is -0.116. The van der Waals surface area contributed by atoms with E-state index in [0.29, 0.717) is 10.7 Å². The number of carbonyl (C=O) groups is 2. The molecule has 0 bridgehead atoms. The molecule has 0 atom stereocenters. The van der Waals surface area contributed by atoms with Gasteiger partial charge in [-0.15, -0.1) is 21.5 Å². The van der Waals surface area contributed by atoms with Gasteiger partial charge in [0.05, 0.1) is 0 Å². The zero-order valence-corrected chi connectivity index (χ0v) is 15.6. The molecule has 0 fully saturated rings. The number of thioether (sulfide) groups is 1. The van der Waals surface area contributed by atoms with Crippen molar-refractivity contribution < 1.29 is 9.59 Å². The molecule has 0 aliphatic heterocycles. The fourth-order valence-electron chi connectivity index (χ4n) is 2.02. The van der Waals surface area contributed by atoms with Crippen LogP contribution in [0.25, 0.3) is 0 Å². The van der Waals surface area contributed by atoms with Crippen molar-refractivity contribution in [2.75, 3.05) is 5.32 Å². The Labute approximate surface area is 157 Å². The van der Waals surface area contributed by atoms with Gasteiger partial charge in [0.15, 0.2) is 10.1 Å². The van der Waals surface area contributed by atoms with Crippen LogP contribution < -0.4 is 5.32 Å². The van der Waals surface area contributed by atoms with E-state index in [0.717, 1.165) is 10.1 Å². The maximum atomic E-state index is 12.0. The van der Waals surface area contributed by atoms with Gasteiger partial charge in [0, 0.05) is 29.0 Å². The van der Waals surface area contributed by atoms with Gasteiger partial charge in [-0.2, -0.15) is 0 Å². The van der Waals surface area contributed by atoms with Crippen molar-refractivity contribution in [3.05, 3.63) is 58.3 Å². The summed E-state index contributed by atoms with van der Waals surface area (Å²) in [6.45, 7) is 0. The topological polar surface area (TPSA) is 72.0 Å². The lowest BCUT2D eigenvalue weighted by atomic mass is 10.1. The van der Waals surface area contributed by atoms with Crippen LogP contribution in [-0.2, 0) is 10.5 Å². The third-order valence-electron chi connectivity index (χ3n) is 3.25. The summed E-state index contributed by atoms with van der Waals surface area (Å²) >= 11 is 4.63. The van der Waals surface area contributed by atoms with Gasteiger partial charge < -0.3 is 5.32 Å². The molecule has 1 amide bonds. The zero-order chi connectivity index (χ0) is 17.5. The molecule has 0 aliphatic rings. The molecule has 3 rings (SSSR count). The number of hydrogen-bond acceptors (Lipinski definition) is 7. The summed E-state index contributed by atoms with van der Waals surface area (Å²) in [5.74, 6) is 0.571. The largest absolute Gasteiger partial charge is 0.300 e. The highest BCUT2D eigenvalue weighted by Gasteiger charge is 2.12. The van der Waals surface area contributed by atoms with Gasteiger partial charge in [0.2, 0.25) is 11.0 Å². The van der Waals surface area contributed by atoms with Crippen LogP contribution >= 0.6 is 34.4 Å². The Morgan fingerprint density at radius 3 is 2.64 bits per heavy atom. The zero-order valence-electron chi connectivity index (χ0n) is 13.2. The Balaban J connectivity index is 1.44. The molecule has 1 aromatic carbocycles. The number of anilines is 1. The lowest BCUT2D eigenvalue weighted by Gasteiger charge is -2.01. The van der Waals surface area contributed by atoms with Crippen molar-refractivity contribution in [3.8, 4) is 0 Å². The SMILES string of the molecule is O=C(CCC(=O)c1ccccc1)Nc1nnc(SCc2cccs2)s1. The van der Waals surface area contributed by atoms with Crippen molar-refractivity contribution >= 4 is 51.3 Å². The van der Waals surface area contributed by atoms with Crippen LogP contribution in [0.5, 0.6) is 0 Å². The second-order valence-electron chi connectivity index (χ2n) is 5.08. The molecule has 0 saturated carbocycles. The van der Waals surface area contributed by atoms with Gasteiger partial charge >= 0.3 is 0 Å². The molecule has 0 spiro atoms. The van der Waals surface area contributed by atoms with Crippen molar-refractivity contribution in [3.63, 3.8) is 0 Å². The normalized spacial score (nSPS) is 10.6. The van der Waals surface area contributed by atoms with Gasteiger partial charge in [-0.25, -0.2) is 0 Å². The quantitative estimate of drug-likeness (QED) is 0.349. The summed E-state index contributed by atoms with van der Waals surface area (Å²) in [5, 5.41) is 13.3. The van der Waals surface area contributed by atoms with Crippen LogP contribution in [0.1, 0.15) is 28.1 Å². The van der Waals surface area contributed by atoms with E-state index in [2.05, 4.69) is 21.6 Å². The Hall–Kier alpha value is -2.03. The molecule has 25 heavy (non-hydrogen) atoms. The van der Waals surface area contributed by atoms with E-state index in [1.54, 1.807) is 35.2 Å². The fraction of sp³-hybridized carbons (Fsp3) is 0.176. The molecule has 0 unspecified atom stereocenters. The molecule has 2 heterocycles. The maximum Gasteiger partial charge on any atom is 0.226 e. The first-order valence-corrected chi connectivity index (χ1v) is 10.3. The van der Waals surface area contributed by atoms with Crippen molar-refractivity contribution in [2.45, 2.75) is 22.9 Å². The predicted molar refractivity (Wildman–Crippen MR) is 102 cm³/mol. The van der Waals surface area contributed by atoms with E-state index >= 15 is 0 Å². The summed E-state index contributed by atoms with van der Waals surface area (Å²) in [6, 6.07) is 13.1. The second kappa shape index (κ2) is 8.89. The highest BCUT2D eigenvalue weighted by atomic mass is 32.2. The first-order valence-electron chi connectivity index (χ1n) is 7.57. The van der Waals surface area contributed by atoms with Crippen molar-refractivity contribution in [1.82, 2.24) is 10.2 Å². The molecule has 2 aromatic heterocycles. The molecule has 8 heteroatoms.